The van der Waals surface area contributed by atoms with Gasteiger partial charge in [0.05, 0.1) is 43.4 Å². The fraction of sp³-hybridized carbons (Fsp3) is 0.444. The van der Waals surface area contributed by atoms with Crippen LogP contribution in [0.4, 0.5) is 0 Å². The van der Waals surface area contributed by atoms with Crippen LogP contribution < -0.4 is 14.8 Å². The Balaban J connectivity index is 2.09. The Morgan fingerprint density at radius 2 is 2.00 bits per heavy atom. The van der Waals surface area contributed by atoms with Crippen LogP contribution in [0.3, 0.4) is 0 Å². The van der Waals surface area contributed by atoms with Crippen molar-refractivity contribution < 1.29 is 22.7 Å². The maximum atomic E-state index is 12.2. The van der Waals surface area contributed by atoms with Gasteiger partial charge in [-0.05, 0) is 19.1 Å². The third-order valence-electron chi connectivity index (χ3n) is 4.76. The molecule has 1 aromatic carbocycles. The summed E-state index contributed by atoms with van der Waals surface area (Å²) in [4.78, 5) is 16.0. The zero-order valence-corrected chi connectivity index (χ0v) is 16.5. The molecule has 1 amide bonds. The summed E-state index contributed by atoms with van der Waals surface area (Å²) in [6, 6.07) is 2.71. The van der Waals surface area contributed by atoms with Crippen LogP contribution in [0.2, 0.25) is 0 Å². The predicted molar refractivity (Wildman–Crippen MR) is 101 cm³/mol. The van der Waals surface area contributed by atoms with Gasteiger partial charge in [-0.15, -0.1) is 0 Å². The van der Waals surface area contributed by atoms with Gasteiger partial charge in [0.25, 0.3) is 0 Å². The van der Waals surface area contributed by atoms with E-state index in [-0.39, 0.29) is 17.4 Å². The van der Waals surface area contributed by atoms with Crippen molar-refractivity contribution in [2.75, 3.05) is 25.7 Å². The van der Waals surface area contributed by atoms with E-state index in [9.17, 15) is 13.2 Å². The van der Waals surface area contributed by atoms with Gasteiger partial charge in [0.2, 0.25) is 5.91 Å². The number of aromatic nitrogens is 2. The summed E-state index contributed by atoms with van der Waals surface area (Å²) < 4.78 is 37.1. The molecule has 1 fully saturated rings. The normalized spacial score (nSPS) is 21.0. The number of nitrogens with zero attached hydrogens (tertiary/aromatic N) is 2. The standard InChI is InChI=1S/C18H23N3O5S/c1-11-16(25-3)6-5-13(17(11)26-4)18-19-7-8-21(18)15-10-27(23,24)9-14(15)20-12(2)22/h5-8,14-15H,9-10H2,1-4H3,(H,20,22)/t14-,15-/m1/s1. The monoisotopic (exact) mass is 393 g/mol. The van der Waals surface area contributed by atoms with Crippen LogP contribution in [0.5, 0.6) is 11.5 Å². The number of ether oxygens (including phenoxy) is 2. The first-order valence-electron chi connectivity index (χ1n) is 8.49. The highest BCUT2D eigenvalue weighted by Gasteiger charge is 2.40. The summed E-state index contributed by atoms with van der Waals surface area (Å²) in [5.74, 6) is 1.47. The van der Waals surface area contributed by atoms with E-state index in [0.29, 0.717) is 17.3 Å². The largest absolute Gasteiger partial charge is 0.496 e. The van der Waals surface area contributed by atoms with Crippen molar-refractivity contribution in [1.82, 2.24) is 14.9 Å². The molecule has 1 aromatic heterocycles. The number of nitrogens with one attached hydrogen (secondary N) is 1. The summed E-state index contributed by atoms with van der Waals surface area (Å²) in [7, 11) is -0.109. The second-order valence-electron chi connectivity index (χ2n) is 6.58. The Labute approximate surface area is 158 Å². The van der Waals surface area contributed by atoms with E-state index in [1.165, 1.54) is 6.92 Å². The number of rotatable bonds is 5. The molecule has 1 N–H and O–H groups in total. The molecule has 0 aliphatic carbocycles. The predicted octanol–water partition coefficient (Wildman–Crippen LogP) is 1.35. The van der Waals surface area contributed by atoms with E-state index >= 15 is 0 Å². The summed E-state index contributed by atoms with van der Waals surface area (Å²) >= 11 is 0. The minimum atomic E-state index is -3.26. The first-order chi connectivity index (χ1) is 12.8. The summed E-state index contributed by atoms with van der Waals surface area (Å²) in [5.41, 5.74) is 1.55. The minimum Gasteiger partial charge on any atom is -0.496 e. The molecule has 3 rings (SSSR count). The van der Waals surface area contributed by atoms with Gasteiger partial charge in [-0.1, -0.05) is 0 Å². The van der Waals surface area contributed by atoms with E-state index in [2.05, 4.69) is 10.3 Å². The van der Waals surface area contributed by atoms with Crippen molar-refractivity contribution in [1.29, 1.82) is 0 Å². The van der Waals surface area contributed by atoms with E-state index in [0.717, 1.165) is 11.1 Å². The second kappa shape index (κ2) is 7.22. The zero-order valence-electron chi connectivity index (χ0n) is 15.7. The first-order valence-corrected chi connectivity index (χ1v) is 10.3. The van der Waals surface area contributed by atoms with Crippen molar-refractivity contribution in [2.24, 2.45) is 0 Å². The molecule has 0 radical (unpaired) electrons. The zero-order chi connectivity index (χ0) is 19.8. The number of methoxy groups -OCH3 is 2. The molecule has 2 aromatic rings. The smallest absolute Gasteiger partial charge is 0.217 e. The fourth-order valence-electron chi connectivity index (χ4n) is 3.63. The van der Waals surface area contributed by atoms with Gasteiger partial charge in [0.1, 0.15) is 17.3 Å². The topological polar surface area (TPSA) is 99.5 Å². The number of benzene rings is 1. The molecule has 146 valence electrons. The lowest BCUT2D eigenvalue weighted by molar-refractivity contribution is -0.119. The van der Waals surface area contributed by atoms with E-state index in [1.807, 2.05) is 19.1 Å². The molecule has 1 aliphatic rings. The molecule has 0 spiro atoms. The van der Waals surface area contributed by atoms with Crippen LogP contribution in [0, 0.1) is 6.92 Å². The summed E-state index contributed by atoms with van der Waals surface area (Å²) in [5, 5.41) is 2.75. The van der Waals surface area contributed by atoms with Crippen LogP contribution in [0.15, 0.2) is 24.5 Å². The van der Waals surface area contributed by atoms with Crippen molar-refractivity contribution in [3.05, 3.63) is 30.1 Å². The van der Waals surface area contributed by atoms with Gasteiger partial charge in [0, 0.05) is 24.9 Å². The number of hydrogen-bond donors (Lipinski definition) is 1. The molecule has 9 heteroatoms. The molecule has 0 unspecified atom stereocenters. The third kappa shape index (κ3) is 3.64. The van der Waals surface area contributed by atoms with Crippen molar-refractivity contribution in [3.63, 3.8) is 0 Å². The highest BCUT2D eigenvalue weighted by molar-refractivity contribution is 7.91. The van der Waals surface area contributed by atoms with Gasteiger partial charge in [-0.25, -0.2) is 13.4 Å². The first kappa shape index (κ1) is 19.2. The van der Waals surface area contributed by atoms with Crippen LogP contribution >= 0.6 is 0 Å². The Morgan fingerprint density at radius 3 is 2.63 bits per heavy atom. The van der Waals surface area contributed by atoms with Gasteiger partial charge in [-0.2, -0.15) is 0 Å². The number of carbonyl (C=O) groups excluding carboxylic acids is 1. The van der Waals surface area contributed by atoms with Crippen molar-refractivity contribution in [2.45, 2.75) is 25.9 Å². The fourth-order valence-corrected chi connectivity index (χ4v) is 5.53. The molecule has 1 saturated heterocycles. The second-order valence-corrected chi connectivity index (χ2v) is 8.74. The molecule has 2 atom stereocenters. The highest BCUT2D eigenvalue weighted by Crippen LogP contribution is 2.39. The Kier molecular flexibility index (Phi) is 5.14. The summed E-state index contributed by atoms with van der Waals surface area (Å²) in [6.45, 7) is 3.27. The number of imidazole rings is 1. The minimum absolute atomic E-state index is 0.0568. The average molecular weight is 393 g/mol. The maximum absolute atomic E-state index is 12.2. The van der Waals surface area contributed by atoms with Crippen LogP contribution in [-0.4, -0.2) is 55.6 Å². The molecule has 2 heterocycles. The van der Waals surface area contributed by atoms with Crippen LogP contribution in [0.1, 0.15) is 18.5 Å². The lowest BCUT2D eigenvalue weighted by Crippen LogP contribution is -2.39. The molecular formula is C18H23N3O5S. The Bertz CT molecular complexity index is 967. The van der Waals surface area contributed by atoms with E-state index < -0.39 is 21.9 Å². The van der Waals surface area contributed by atoms with E-state index in [4.69, 9.17) is 9.47 Å². The lowest BCUT2D eigenvalue weighted by Gasteiger charge is -2.23. The van der Waals surface area contributed by atoms with E-state index in [1.54, 1.807) is 31.2 Å². The highest BCUT2D eigenvalue weighted by atomic mass is 32.2. The van der Waals surface area contributed by atoms with Crippen LogP contribution in [-0.2, 0) is 14.6 Å². The molecule has 1 aliphatic heterocycles. The van der Waals surface area contributed by atoms with Crippen molar-refractivity contribution >= 4 is 15.7 Å². The summed E-state index contributed by atoms with van der Waals surface area (Å²) in [6.07, 6.45) is 3.35. The number of hydrogen-bond acceptors (Lipinski definition) is 6. The SMILES string of the molecule is COc1ccc(-c2nccn2[C@@H]2CS(=O)(=O)C[C@H]2NC(C)=O)c(OC)c1C. The quantitative estimate of drug-likeness (QED) is 0.823. The molecule has 0 saturated carbocycles. The van der Waals surface area contributed by atoms with Gasteiger partial charge in [0.15, 0.2) is 9.84 Å². The Hall–Kier alpha value is -2.55. The Morgan fingerprint density at radius 1 is 1.26 bits per heavy atom. The van der Waals surface area contributed by atoms with Gasteiger partial charge < -0.3 is 19.4 Å². The molecule has 27 heavy (non-hydrogen) atoms. The molecular weight excluding hydrogens is 370 g/mol. The number of sulfone groups is 1. The molecule has 8 nitrogen and oxygen atoms in total. The average Bonchev–Trinajstić information content (AvgIpc) is 3.17. The van der Waals surface area contributed by atoms with Gasteiger partial charge in [-0.3, -0.25) is 4.79 Å². The van der Waals surface area contributed by atoms with Crippen molar-refractivity contribution in [3.8, 4) is 22.9 Å². The van der Waals surface area contributed by atoms with Gasteiger partial charge >= 0.3 is 0 Å². The van der Waals surface area contributed by atoms with Crippen LogP contribution in [0.25, 0.3) is 11.4 Å². The third-order valence-corrected chi connectivity index (χ3v) is 6.47. The number of carbonyl (C=O) groups is 1. The number of amides is 1. The lowest BCUT2D eigenvalue weighted by atomic mass is 10.1. The maximum Gasteiger partial charge on any atom is 0.217 e. The molecule has 0 bridgehead atoms.